The Morgan fingerprint density at radius 3 is 2.56 bits per heavy atom. The minimum Gasteiger partial charge on any atom is -0.317 e. The van der Waals surface area contributed by atoms with E-state index in [1.807, 2.05) is 0 Å². The standard InChI is InChI=1S/C13H20ClNO2S/c1-2-9-15-10-5-6-11-18(16,17)13-8-4-3-7-12(13)14/h3-4,7-8,15H,2,5-6,9-11H2,1H3. The van der Waals surface area contributed by atoms with Gasteiger partial charge in [-0.1, -0.05) is 30.7 Å². The van der Waals surface area contributed by atoms with Crippen molar-refractivity contribution in [1.29, 1.82) is 0 Å². The van der Waals surface area contributed by atoms with Gasteiger partial charge in [-0.05, 0) is 44.5 Å². The molecule has 0 saturated carbocycles. The zero-order valence-electron chi connectivity index (χ0n) is 10.7. The van der Waals surface area contributed by atoms with Gasteiger partial charge in [0.1, 0.15) is 0 Å². The van der Waals surface area contributed by atoms with Gasteiger partial charge in [-0.2, -0.15) is 0 Å². The number of benzene rings is 1. The van der Waals surface area contributed by atoms with Gasteiger partial charge in [0, 0.05) is 0 Å². The zero-order valence-corrected chi connectivity index (χ0v) is 12.2. The van der Waals surface area contributed by atoms with Crippen LogP contribution in [0.5, 0.6) is 0 Å². The van der Waals surface area contributed by atoms with Crippen LogP contribution < -0.4 is 5.32 Å². The molecule has 5 heteroatoms. The molecule has 1 N–H and O–H groups in total. The molecule has 1 aromatic carbocycles. The van der Waals surface area contributed by atoms with Crippen molar-refractivity contribution in [3.8, 4) is 0 Å². The van der Waals surface area contributed by atoms with Crippen molar-refractivity contribution in [2.24, 2.45) is 0 Å². The number of hydrogen-bond donors (Lipinski definition) is 1. The van der Waals surface area contributed by atoms with Crippen molar-refractivity contribution in [3.05, 3.63) is 29.3 Å². The summed E-state index contributed by atoms with van der Waals surface area (Å²) in [5.41, 5.74) is 0. The van der Waals surface area contributed by atoms with E-state index in [4.69, 9.17) is 11.6 Å². The SMILES string of the molecule is CCCNCCCCS(=O)(=O)c1ccccc1Cl. The normalized spacial score (nSPS) is 11.7. The molecule has 0 aromatic heterocycles. The van der Waals surface area contributed by atoms with Crippen LogP contribution in [-0.2, 0) is 9.84 Å². The second kappa shape index (κ2) is 7.77. The molecule has 1 rings (SSSR count). The second-order valence-electron chi connectivity index (χ2n) is 4.21. The van der Waals surface area contributed by atoms with E-state index in [1.54, 1.807) is 24.3 Å². The fourth-order valence-electron chi connectivity index (χ4n) is 1.65. The van der Waals surface area contributed by atoms with Crippen LogP contribution in [0.15, 0.2) is 29.2 Å². The van der Waals surface area contributed by atoms with Crippen molar-refractivity contribution in [1.82, 2.24) is 5.32 Å². The van der Waals surface area contributed by atoms with E-state index in [9.17, 15) is 8.42 Å². The molecule has 1 aromatic rings. The average Bonchev–Trinajstić information content (AvgIpc) is 2.34. The number of nitrogens with one attached hydrogen (secondary N) is 1. The summed E-state index contributed by atoms with van der Waals surface area (Å²) < 4.78 is 24.1. The molecule has 0 aliphatic rings. The van der Waals surface area contributed by atoms with E-state index < -0.39 is 9.84 Å². The number of hydrogen-bond acceptors (Lipinski definition) is 3. The smallest absolute Gasteiger partial charge is 0.179 e. The lowest BCUT2D eigenvalue weighted by Crippen LogP contribution is -2.17. The molecule has 0 bridgehead atoms. The first-order valence-corrected chi connectivity index (χ1v) is 8.29. The Hall–Kier alpha value is -0.580. The highest BCUT2D eigenvalue weighted by Crippen LogP contribution is 2.22. The topological polar surface area (TPSA) is 46.2 Å². The summed E-state index contributed by atoms with van der Waals surface area (Å²) in [6.07, 6.45) is 2.62. The lowest BCUT2D eigenvalue weighted by Gasteiger charge is -2.06. The summed E-state index contributed by atoms with van der Waals surface area (Å²) in [6, 6.07) is 6.60. The van der Waals surface area contributed by atoms with Crippen LogP contribution in [0.4, 0.5) is 0 Å². The third-order valence-electron chi connectivity index (χ3n) is 2.62. The Morgan fingerprint density at radius 1 is 1.17 bits per heavy atom. The molecule has 0 radical (unpaired) electrons. The molecule has 3 nitrogen and oxygen atoms in total. The highest BCUT2D eigenvalue weighted by atomic mass is 35.5. The summed E-state index contributed by atoms with van der Waals surface area (Å²) in [7, 11) is -3.24. The lowest BCUT2D eigenvalue weighted by molar-refractivity contribution is 0.586. The molecular weight excluding hydrogens is 270 g/mol. The molecule has 0 heterocycles. The third kappa shape index (κ3) is 4.96. The van der Waals surface area contributed by atoms with Gasteiger partial charge in [0.25, 0.3) is 0 Å². The second-order valence-corrected chi connectivity index (χ2v) is 6.69. The van der Waals surface area contributed by atoms with Crippen molar-refractivity contribution in [3.63, 3.8) is 0 Å². The molecule has 0 fully saturated rings. The third-order valence-corrected chi connectivity index (χ3v) is 4.91. The van der Waals surface area contributed by atoms with Crippen molar-refractivity contribution in [2.45, 2.75) is 31.1 Å². The van der Waals surface area contributed by atoms with Crippen LogP contribution in [-0.4, -0.2) is 27.3 Å². The van der Waals surface area contributed by atoms with Gasteiger partial charge in [-0.3, -0.25) is 0 Å². The van der Waals surface area contributed by atoms with Crippen LogP contribution in [0.25, 0.3) is 0 Å². The van der Waals surface area contributed by atoms with Crippen LogP contribution >= 0.6 is 11.6 Å². The predicted molar refractivity (Wildman–Crippen MR) is 75.9 cm³/mol. The summed E-state index contributed by atoms with van der Waals surface area (Å²) in [5.74, 6) is 0.157. The van der Waals surface area contributed by atoms with Gasteiger partial charge in [0.2, 0.25) is 0 Å². The van der Waals surface area contributed by atoms with Crippen molar-refractivity contribution >= 4 is 21.4 Å². The van der Waals surface area contributed by atoms with Crippen LogP contribution in [0.1, 0.15) is 26.2 Å². The van der Waals surface area contributed by atoms with E-state index in [0.717, 1.165) is 25.9 Å². The number of rotatable bonds is 8. The van der Waals surface area contributed by atoms with Crippen molar-refractivity contribution in [2.75, 3.05) is 18.8 Å². The van der Waals surface area contributed by atoms with E-state index >= 15 is 0 Å². The molecule has 0 spiro atoms. The summed E-state index contributed by atoms with van der Waals surface area (Å²) >= 11 is 5.90. The minimum atomic E-state index is -3.24. The fraction of sp³-hybridized carbons (Fsp3) is 0.538. The molecule has 0 aliphatic carbocycles. The molecular formula is C13H20ClNO2S. The number of unbranched alkanes of at least 4 members (excludes halogenated alkanes) is 1. The average molecular weight is 290 g/mol. The van der Waals surface area contributed by atoms with Crippen LogP contribution in [0.3, 0.4) is 0 Å². The van der Waals surface area contributed by atoms with E-state index in [0.29, 0.717) is 11.4 Å². The van der Waals surface area contributed by atoms with Crippen LogP contribution in [0.2, 0.25) is 5.02 Å². The Kier molecular flexibility index (Phi) is 6.68. The highest BCUT2D eigenvalue weighted by molar-refractivity contribution is 7.91. The largest absolute Gasteiger partial charge is 0.317 e. The Bertz CT molecular complexity index is 460. The highest BCUT2D eigenvalue weighted by Gasteiger charge is 2.16. The van der Waals surface area contributed by atoms with E-state index in [-0.39, 0.29) is 10.6 Å². The maximum Gasteiger partial charge on any atom is 0.179 e. The molecule has 18 heavy (non-hydrogen) atoms. The van der Waals surface area contributed by atoms with Gasteiger partial charge >= 0.3 is 0 Å². The van der Waals surface area contributed by atoms with Crippen LogP contribution in [0, 0.1) is 0 Å². The molecule has 0 unspecified atom stereocenters. The molecule has 102 valence electrons. The van der Waals surface area contributed by atoms with Gasteiger partial charge in [-0.15, -0.1) is 0 Å². The van der Waals surface area contributed by atoms with Gasteiger partial charge < -0.3 is 5.32 Å². The first kappa shape index (κ1) is 15.5. The maximum absolute atomic E-state index is 12.0. The van der Waals surface area contributed by atoms with Gasteiger partial charge in [0.05, 0.1) is 15.7 Å². The van der Waals surface area contributed by atoms with Crippen molar-refractivity contribution < 1.29 is 8.42 Å². The first-order chi connectivity index (χ1) is 8.58. The number of sulfone groups is 1. The summed E-state index contributed by atoms with van der Waals surface area (Å²) in [4.78, 5) is 0.244. The Balaban J connectivity index is 2.44. The zero-order chi connectivity index (χ0) is 13.4. The molecule has 0 saturated heterocycles. The molecule has 0 aliphatic heterocycles. The molecule has 0 atom stereocenters. The van der Waals surface area contributed by atoms with Gasteiger partial charge in [0.15, 0.2) is 9.84 Å². The van der Waals surface area contributed by atoms with E-state index in [1.165, 1.54) is 0 Å². The molecule has 0 amide bonds. The monoisotopic (exact) mass is 289 g/mol. The lowest BCUT2D eigenvalue weighted by atomic mass is 10.3. The maximum atomic E-state index is 12.0. The van der Waals surface area contributed by atoms with E-state index in [2.05, 4.69) is 12.2 Å². The fourth-order valence-corrected chi connectivity index (χ4v) is 3.59. The summed E-state index contributed by atoms with van der Waals surface area (Å²) in [6.45, 7) is 3.96. The quantitative estimate of drug-likeness (QED) is 0.749. The first-order valence-electron chi connectivity index (χ1n) is 6.26. The summed E-state index contributed by atoms with van der Waals surface area (Å²) in [5, 5.41) is 3.56. The Morgan fingerprint density at radius 2 is 1.89 bits per heavy atom. The number of halogens is 1. The predicted octanol–water partition coefficient (Wildman–Crippen LogP) is 2.89. The minimum absolute atomic E-state index is 0.157. The van der Waals surface area contributed by atoms with Gasteiger partial charge in [-0.25, -0.2) is 8.42 Å². The Labute approximate surface area is 114 Å².